The molecule has 2 aromatic heterocycles. The van der Waals surface area contributed by atoms with Gasteiger partial charge >= 0.3 is 12.2 Å². The lowest BCUT2D eigenvalue weighted by molar-refractivity contribution is -0.138. The first-order chi connectivity index (χ1) is 29.8. The molecule has 328 valence electrons. The Balaban J connectivity index is 1.04. The van der Waals surface area contributed by atoms with Crippen molar-refractivity contribution in [1.82, 2.24) is 40.4 Å². The molecule has 8 atom stereocenters. The number of nitrogens with one attached hydrogen (secondary N) is 4. The smallest absolute Gasteiger partial charge is 0.407 e. The van der Waals surface area contributed by atoms with Gasteiger partial charge in [0.05, 0.1) is 61.4 Å². The average molecular weight is 851 g/mol. The van der Waals surface area contributed by atoms with E-state index in [1.54, 1.807) is 29.8 Å². The van der Waals surface area contributed by atoms with Gasteiger partial charge in [0.2, 0.25) is 11.8 Å². The van der Waals surface area contributed by atoms with Gasteiger partial charge in [-0.15, -0.1) is 0 Å². The van der Waals surface area contributed by atoms with Gasteiger partial charge in [-0.2, -0.15) is 0 Å². The zero-order valence-electron chi connectivity index (χ0n) is 36.2. The zero-order valence-corrected chi connectivity index (χ0v) is 36.2. The summed E-state index contributed by atoms with van der Waals surface area (Å²) in [6, 6.07) is 12.0. The molecule has 4 amide bonds. The number of aromatic nitrogens is 4. The van der Waals surface area contributed by atoms with E-state index >= 15 is 0 Å². The Kier molecular flexibility index (Phi) is 11.8. The van der Waals surface area contributed by atoms with Crippen molar-refractivity contribution >= 4 is 45.8 Å². The normalized spacial score (nSPS) is 21.4. The fourth-order valence-electron chi connectivity index (χ4n) is 9.14. The summed E-state index contributed by atoms with van der Waals surface area (Å²) in [6.07, 6.45) is 0.634. The largest absolute Gasteiger partial charge is 0.488 e. The molecule has 0 bridgehead atoms. The third-order valence-electron chi connectivity index (χ3n) is 12.6. The van der Waals surface area contributed by atoms with Gasteiger partial charge in [-0.25, -0.2) is 19.6 Å². The molecule has 0 aliphatic carbocycles. The third kappa shape index (κ3) is 7.90. The van der Waals surface area contributed by atoms with Crippen LogP contribution in [-0.4, -0.2) is 120 Å². The minimum absolute atomic E-state index is 0.209. The molecule has 8 rings (SSSR count). The molecule has 3 aliphatic heterocycles. The van der Waals surface area contributed by atoms with Crippen molar-refractivity contribution in [3.63, 3.8) is 0 Å². The average Bonchev–Trinajstić information content (AvgIpc) is 4.11. The number of likely N-dealkylation sites (tertiary alicyclic amines) is 2. The number of aromatic amines is 2. The van der Waals surface area contributed by atoms with E-state index in [9.17, 15) is 19.2 Å². The van der Waals surface area contributed by atoms with Crippen molar-refractivity contribution in [2.75, 3.05) is 41.5 Å². The van der Waals surface area contributed by atoms with E-state index < -0.39 is 36.5 Å². The highest BCUT2D eigenvalue weighted by Crippen LogP contribution is 2.44. The fourth-order valence-corrected chi connectivity index (χ4v) is 9.14. The maximum absolute atomic E-state index is 14.0. The van der Waals surface area contributed by atoms with Crippen molar-refractivity contribution in [2.45, 2.75) is 83.5 Å². The van der Waals surface area contributed by atoms with Crippen LogP contribution in [0, 0.1) is 11.8 Å². The lowest BCUT2D eigenvalue weighted by Gasteiger charge is -2.30. The number of fused-ring (bicyclic) bond motifs is 6. The minimum atomic E-state index is -0.933. The Bertz CT molecular complexity index is 2520. The fraction of sp³-hybridized carbons (Fsp3) is 0.467. The van der Waals surface area contributed by atoms with Crippen LogP contribution >= 0.6 is 0 Å². The van der Waals surface area contributed by atoms with Crippen molar-refractivity contribution in [1.29, 1.82) is 0 Å². The maximum atomic E-state index is 14.0. The number of H-pyrrole nitrogens is 2. The van der Waals surface area contributed by atoms with Crippen molar-refractivity contribution in [3.8, 4) is 28.1 Å². The number of imidazole rings is 2. The molecular formula is C45H54N8O9. The van der Waals surface area contributed by atoms with Crippen LogP contribution in [0.5, 0.6) is 5.75 Å². The maximum Gasteiger partial charge on any atom is 0.407 e. The molecule has 2 fully saturated rings. The highest BCUT2D eigenvalue weighted by Gasteiger charge is 2.43. The Morgan fingerprint density at radius 1 is 0.774 bits per heavy atom. The van der Waals surface area contributed by atoms with Gasteiger partial charge in [-0.1, -0.05) is 32.0 Å². The van der Waals surface area contributed by atoms with Gasteiger partial charge in [0.15, 0.2) is 0 Å². The Morgan fingerprint density at radius 3 is 1.98 bits per heavy atom. The molecule has 17 heteroatoms. The molecule has 3 aliphatic rings. The molecule has 0 saturated carbocycles. The second kappa shape index (κ2) is 17.3. The van der Waals surface area contributed by atoms with Crippen LogP contribution in [0.25, 0.3) is 44.2 Å². The van der Waals surface area contributed by atoms with Gasteiger partial charge in [-0.3, -0.25) is 9.59 Å². The number of ether oxygens (including phenoxy) is 5. The molecule has 2 unspecified atom stereocenters. The number of nitrogens with zero attached hydrogens (tertiary/aromatic N) is 4. The number of carbonyl (C=O) groups is 4. The van der Waals surface area contributed by atoms with Crippen molar-refractivity contribution < 1.29 is 42.9 Å². The predicted molar refractivity (Wildman–Crippen MR) is 229 cm³/mol. The summed E-state index contributed by atoms with van der Waals surface area (Å²) < 4.78 is 26.9. The third-order valence-corrected chi connectivity index (χ3v) is 12.6. The molecule has 5 heterocycles. The summed E-state index contributed by atoms with van der Waals surface area (Å²) in [4.78, 5) is 72.6. The van der Waals surface area contributed by atoms with Crippen LogP contribution < -0.4 is 15.4 Å². The first-order valence-corrected chi connectivity index (χ1v) is 21.0. The molecule has 4 N–H and O–H groups in total. The molecule has 0 spiro atoms. The quantitative estimate of drug-likeness (QED) is 0.121. The molecule has 62 heavy (non-hydrogen) atoms. The van der Waals surface area contributed by atoms with Crippen LogP contribution in [0.1, 0.15) is 69.8 Å². The van der Waals surface area contributed by atoms with Gasteiger partial charge in [0.25, 0.3) is 0 Å². The second-order valence-corrected chi connectivity index (χ2v) is 16.8. The summed E-state index contributed by atoms with van der Waals surface area (Å²) in [7, 11) is 5.52. The zero-order chi connectivity index (χ0) is 44.0. The summed E-state index contributed by atoms with van der Waals surface area (Å²) in [5.74, 6) is 1.99. The van der Waals surface area contributed by atoms with E-state index in [0.717, 1.165) is 55.5 Å². The van der Waals surface area contributed by atoms with Crippen LogP contribution in [-0.2, 0) is 35.1 Å². The number of rotatable bonds is 11. The number of hydrogen-bond donors (Lipinski definition) is 4. The van der Waals surface area contributed by atoms with E-state index in [2.05, 4.69) is 64.8 Å². The Hall–Kier alpha value is -6.20. The second-order valence-electron chi connectivity index (χ2n) is 16.8. The molecule has 17 nitrogen and oxygen atoms in total. The number of hydrogen-bond acceptors (Lipinski definition) is 11. The lowest BCUT2D eigenvalue weighted by atomic mass is 9.92. The highest BCUT2D eigenvalue weighted by molar-refractivity contribution is 6.07. The Labute approximate surface area is 359 Å². The number of amides is 4. The van der Waals surface area contributed by atoms with E-state index in [4.69, 9.17) is 33.7 Å². The molecule has 2 saturated heterocycles. The molecular weight excluding hydrogens is 797 g/mol. The van der Waals surface area contributed by atoms with Crippen molar-refractivity contribution in [3.05, 3.63) is 65.9 Å². The van der Waals surface area contributed by atoms with E-state index in [1.165, 1.54) is 28.4 Å². The number of carbonyl (C=O) groups excluding carboxylic acids is 4. The first-order valence-electron chi connectivity index (χ1n) is 21.0. The van der Waals surface area contributed by atoms with Gasteiger partial charge in [0, 0.05) is 38.3 Å². The first kappa shape index (κ1) is 42.5. The molecule has 0 radical (unpaired) electrons. The summed E-state index contributed by atoms with van der Waals surface area (Å²) >= 11 is 0. The van der Waals surface area contributed by atoms with Gasteiger partial charge in [0.1, 0.15) is 36.1 Å². The van der Waals surface area contributed by atoms with E-state index in [0.29, 0.717) is 44.2 Å². The number of alkyl carbamates (subject to hydrolysis) is 2. The monoisotopic (exact) mass is 850 g/mol. The predicted octanol–water partition coefficient (Wildman–Crippen LogP) is 6.00. The topological polar surface area (TPSA) is 202 Å². The summed E-state index contributed by atoms with van der Waals surface area (Å²) in [5.41, 5.74) is 6.42. The highest BCUT2D eigenvalue weighted by atomic mass is 16.5. The standard InChI is InChI=1S/C45H54N8O9/c1-22-13-34(52(19-22)42(54)37(24(3)58-5)50-44(56)60-7)40-46-18-33(48-40)27-9-11-29-28(15-27)21-62-36-17-30-26(16-31(29)36)10-12-32-39(30)49-41(47-32)35-14-23(2)20-53(35)43(55)38(25(4)59-6)51-45(57)61-8/h9-12,15-18,22-25,34-35,37-38H,13-14,19-21H2,1-8H3,(H,46,48)(H,47,49)(H,50,56)(H,51,57)/t22-,23-,24+,25+,34-,35-,37?,38?/m0/s1. The number of benzene rings is 3. The minimum Gasteiger partial charge on any atom is -0.488 e. The molecule has 5 aromatic rings. The summed E-state index contributed by atoms with van der Waals surface area (Å²) in [6.45, 7) is 9.04. The van der Waals surface area contributed by atoms with Gasteiger partial charge < -0.3 is 54.1 Å². The van der Waals surface area contributed by atoms with Gasteiger partial charge in [-0.05, 0) is 84.9 Å². The number of methoxy groups -OCH3 is 4. The van der Waals surface area contributed by atoms with Crippen LogP contribution in [0.15, 0.2) is 48.7 Å². The van der Waals surface area contributed by atoms with Crippen molar-refractivity contribution in [2.24, 2.45) is 11.8 Å². The van der Waals surface area contributed by atoms with Crippen LogP contribution in [0.4, 0.5) is 9.59 Å². The van der Waals surface area contributed by atoms with Crippen LogP contribution in [0.3, 0.4) is 0 Å². The SMILES string of the molecule is COC(=O)NC(C(=O)N1C[C@@H](C)C[C@H]1c1ncc(-c2ccc3c(c2)COc2cc4c(ccc5[nH]c([C@@H]6C[C@H](C)CN6C(=O)C(NC(=O)OC)[C@@H](C)OC)nc54)cc2-3)[nH]1)[C@@H](C)OC. The van der Waals surface area contributed by atoms with E-state index in [-0.39, 0.29) is 35.7 Å². The lowest BCUT2D eigenvalue weighted by Crippen LogP contribution is -2.54. The van der Waals surface area contributed by atoms with E-state index in [1.807, 2.05) is 12.1 Å². The Morgan fingerprint density at radius 2 is 1.39 bits per heavy atom. The molecule has 3 aromatic carbocycles. The van der Waals surface area contributed by atoms with Crippen LogP contribution in [0.2, 0.25) is 0 Å². The summed E-state index contributed by atoms with van der Waals surface area (Å²) in [5, 5.41) is 7.22.